The molecule has 1 N–H and O–H groups in total. The predicted molar refractivity (Wildman–Crippen MR) is 126 cm³/mol. The van der Waals surface area contributed by atoms with Gasteiger partial charge in [-0.3, -0.25) is 9.36 Å². The standard InChI is InChI=1S/C24H18N6O2S/c1-16-22(33-24(26-16)17-5-3-2-4-6-17)23(31)27-18-7-9-19(10-8-18)32-21-12-11-20(28-29-21)30-14-13-25-15-30/h2-15H,1H3,(H,27,31). The van der Waals surface area contributed by atoms with Crippen LogP contribution in [-0.2, 0) is 0 Å². The number of aromatic nitrogens is 5. The summed E-state index contributed by atoms with van der Waals surface area (Å²) in [4.78, 5) is 21.9. The first-order chi connectivity index (χ1) is 16.2. The molecule has 0 unspecified atom stereocenters. The quantitative estimate of drug-likeness (QED) is 0.382. The molecule has 0 aliphatic rings. The fraction of sp³-hybridized carbons (Fsp3) is 0.0417. The summed E-state index contributed by atoms with van der Waals surface area (Å²) in [6.07, 6.45) is 5.10. The van der Waals surface area contributed by atoms with Crippen molar-refractivity contribution in [1.82, 2.24) is 24.7 Å². The maximum Gasteiger partial charge on any atom is 0.267 e. The number of nitrogens with zero attached hydrogens (tertiary/aromatic N) is 5. The highest BCUT2D eigenvalue weighted by Crippen LogP contribution is 2.29. The van der Waals surface area contributed by atoms with E-state index < -0.39 is 0 Å². The molecule has 0 bridgehead atoms. The first kappa shape index (κ1) is 20.5. The third-order valence-corrected chi connectivity index (χ3v) is 5.96. The summed E-state index contributed by atoms with van der Waals surface area (Å²) >= 11 is 1.38. The summed E-state index contributed by atoms with van der Waals surface area (Å²) in [6.45, 7) is 1.84. The summed E-state index contributed by atoms with van der Waals surface area (Å²) in [6, 6.07) is 20.4. The van der Waals surface area contributed by atoms with E-state index in [4.69, 9.17) is 4.74 Å². The number of carbonyl (C=O) groups excluding carboxylic acids is 1. The van der Waals surface area contributed by atoms with Gasteiger partial charge in [-0.15, -0.1) is 21.5 Å². The minimum Gasteiger partial charge on any atom is -0.438 e. The SMILES string of the molecule is Cc1nc(-c2ccccc2)sc1C(=O)Nc1ccc(Oc2ccc(-n3ccnc3)nn2)cc1. The van der Waals surface area contributed by atoms with Crippen molar-refractivity contribution in [2.75, 3.05) is 5.32 Å². The molecule has 0 radical (unpaired) electrons. The largest absolute Gasteiger partial charge is 0.438 e. The van der Waals surface area contributed by atoms with Gasteiger partial charge in [0.1, 0.15) is 22.0 Å². The number of aryl methyl sites for hydroxylation is 1. The molecule has 1 amide bonds. The summed E-state index contributed by atoms with van der Waals surface area (Å²) in [5, 5.41) is 11.9. The number of rotatable bonds is 6. The molecule has 0 aliphatic carbocycles. The van der Waals surface area contributed by atoms with E-state index in [0.29, 0.717) is 33.7 Å². The van der Waals surface area contributed by atoms with Crippen molar-refractivity contribution in [3.8, 4) is 28.0 Å². The highest BCUT2D eigenvalue weighted by Gasteiger charge is 2.16. The van der Waals surface area contributed by atoms with E-state index in [1.807, 2.05) is 37.3 Å². The van der Waals surface area contributed by atoms with Gasteiger partial charge in [-0.05, 0) is 37.3 Å². The van der Waals surface area contributed by atoms with Crippen molar-refractivity contribution in [3.05, 3.63) is 96.0 Å². The molecule has 0 saturated carbocycles. The molecular formula is C24H18N6O2S. The molecule has 5 aromatic rings. The smallest absolute Gasteiger partial charge is 0.267 e. The van der Waals surface area contributed by atoms with Gasteiger partial charge < -0.3 is 10.1 Å². The minimum absolute atomic E-state index is 0.193. The maximum atomic E-state index is 12.8. The zero-order valence-electron chi connectivity index (χ0n) is 17.5. The molecule has 5 rings (SSSR count). The van der Waals surface area contributed by atoms with Crippen LogP contribution >= 0.6 is 11.3 Å². The Kier molecular flexibility index (Phi) is 5.61. The second kappa shape index (κ2) is 9.01. The van der Waals surface area contributed by atoms with Crippen LogP contribution in [0.4, 0.5) is 5.69 Å². The Morgan fingerprint density at radius 3 is 2.52 bits per heavy atom. The van der Waals surface area contributed by atoms with E-state index in [1.54, 1.807) is 59.7 Å². The lowest BCUT2D eigenvalue weighted by Crippen LogP contribution is -2.11. The van der Waals surface area contributed by atoms with Gasteiger partial charge in [0.25, 0.3) is 5.91 Å². The molecule has 0 aliphatic heterocycles. The molecule has 3 aromatic heterocycles. The van der Waals surface area contributed by atoms with Gasteiger partial charge in [0.15, 0.2) is 5.82 Å². The summed E-state index contributed by atoms with van der Waals surface area (Å²) in [5.74, 6) is 1.40. The van der Waals surface area contributed by atoms with Crippen molar-refractivity contribution < 1.29 is 9.53 Å². The molecule has 33 heavy (non-hydrogen) atoms. The number of carbonyl (C=O) groups is 1. The number of amides is 1. The Morgan fingerprint density at radius 2 is 1.82 bits per heavy atom. The normalized spacial score (nSPS) is 10.7. The summed E-state index contributed by atoms with van der Waals surface area (Å²) in [7, 11) is 0. The van der Waals surface area contributed by atoms with Crippen molar-refractivity contribution in [3.63, 3.8) is 0 Å². The number of hydrogen-bond donors (Lipinski definition) is 1. The number of hydrogen-bond acceptors (Lipinski definition) is 7. The average molecular weight is 455 g/mol. The van der Waals surface area contributed by atoms with E-state index in [9.17, 15) is 4.79 Å². The fourth-order valence-corrected chi connectivity index (χ4v) is 4.09. The third kappa shape index (κ3) is 4.63. The molecule has 0 saturated heterocycles. The van der Waals surface area contributed by atoms with Crippen LogP contribution in [0.1, 0.15) is 15.4 Å². The summed E-state index contributed by atoms with van der Waals surface area (Å²) < 4.78 is 7.50. The van der Waals surface area contributed by atoms with Gasteiger partial charge in [-0.25, -0.2) is 9.97 Å². The second-order valence-electron chi connectivity index (χ2n) is 7.08. The topological polar surface area (TPSA) is 94.8 Å². The number of anilines is 1. The highest BCUT2D eigenvalue weighted by molar-refractivity contribution is 7.17. The lowest BCUT2D eigenvalue weighted by Gasteiger charge is -2.07. The van der Waals surface area contributed by atoms with Crippen LogP contribution in [0.5, 0.6) is 11.6 Å². The number of thiazole rings is 1. The molecule has 2 aromatic carbocycles. The predicted octanol–water partition coefficient (Wildman–Crippen LogP) is 5.14. The third-order valence-electron chi connectivity index (χ3n) is 4.75. The lowest BCUT2D eigenvalue weighted by atomic mass is 10.2. The molecule has 0 spiro atoms. The fourth-order valence-electron chi connectivity index (χ4n) is 3.13. The molecule has 0 fully saturated rings. The van der Waals surface area contributed by atoms with Crippen LogP contribution in [0.3, 0.4) is 0 Å². The van der Waals surface area contributed by atoms with E-state index in [0.717, 1.165) is 10.6 Å². The highest BCUT2D eigenvalue weighted by atomic mass is 32.1. The van der Waals surface area contributed by atoms with Gasteiger partial charge in [-0.1, -0.05) is 30.3 Å². The minimum atomic E-state index is -0.193. The second-order valence-corrected chi connectivity index (χ2v) is 8.08. The van der Waals surface area contributed by atoms with Crippen LogP contribution in [0.25, 0.3) is 16.4 Å². The van der Waals surface area contributed by atoms with Gasteiger partial charge in [0.05, 0.1) is 5.69 Å². The number of nitrogens with one attached hydrogen (secondary N) is 1. The molecule has 0 atom stereocenters. The Balaban J connectivity index is 1.24. The Labute approximate surface area is 193 Å². The molecule has 9 heteroatoms. The average Bonchev–Trinajstić information content (AvgIpc) is 3.52. The van der Waals surface area contributed by atoms with Gasteiger partial charge in [0, 0.05) is 29.7 Å². The van der Waals surface area contributed by atoms with Crippen LogP contribution in [-0.4, -0.2) is 30.6 Å². The number of imidazole rings is 1. The van der Waals surface area contributed by atoms with Gasteiger partial charge in [0.2, 0.25) is 5.88 Å². The monoisotopic (exact) mass is 454 g/mol. The first-order valence-corrected chi connectivity index (χ1v) is 10.9. The molecule has 8 nitrogen and oxygen atoms in total. The van der Waals surface area contributed by atoms with Crippen LogP contribution in [0, 0.1) is 6.92 Å². The van der Waals surface area contributed by atoms with E-state index in [1.165, 1.54) is 11.3 Å². The van der Waals surface area contributed by atoms with Crippen molar-refractivity contribution in [2.24, 2.45) is 0 Å². The number of ether oxygens (including phenoxy) is 1. The lowest BCUT2D eigenvalue weighted by molar-refractivity contribution is 0.103. The van der Waals surface area contributed by atoms with Crippen LogP contribution in [0.2, 0.25) is 0 Å². The zero-order chi connectivity index (χ0) is 22.6. The molecule has 3 heterocycles. The van der Waals surface area contributed by atoms with Gasteiger partial charge in [-0.2, -0.15) is 0 Å². The Bertz CT molecular complexity index is 1370. The van der Waals surface area contributed by atoms with E-state index in [2.05, 4.69) is 25.5 Å². The van der Waals surface area contributed by atoms with Crippen LogP contribution < -0.4 is 10.1 Å². The molecular weight excluding hydrogens is 436 g/mol. The zero-order valence-corrected chi connectivity index (χ0v) is 18.4. The Morgan fingerprint density at radius 1 is 1.00 bits per heavy atom. The van der Waals surface area contributed by atoms with Crippen LogP contribution in [0.15, 0.2) is 85.5 Å². The molecule has 162 valence electrons. The Hall–Kier alpha value is -4.37. The van der Waals surface area contributed by atoms with Crippen molar-refractivity contribution in [1.29, 1.82) is 0 Å². The van der Waals surface area contributed by atoms with E-state index in [-0.39, 0.29) is 5.91 Å². The maximum absolute atomic E-state index is 12.8. The van der Waals surface area contributed by atoms with E-state index >= 15 is 0 Å². The van der Waals surface area contributed by atoms with Gasteiger partial charge >= 0.3 is 0 Å². The number of benzene rings is 2. The first-order valence-electron chi connectivity index (χ1n) is 10.1. The summed E-state index contributed by atoms with van der Waals surface area (Å²) in [5.41, 5.74) is 2.35. The van der Waals surface area contributed by atoms with Crippen molar-refractivity contribution >= 4 is 22.9 Å². The van der Waals surface area contributed by atoms with Crippen molar-refractivity contribution in [2.45, 2.75) is 6.92 Å².